The molecule has 20 heteroatoms. The highest BCUT2D eigenvalue weighted by Crippen LogP contribution is 2.24. The van der Waals surface area contributed by atoms with Gasteiger partial charge in [0.15, 0.2) is 0 Å². The fourth-order valence-electron chi connectivity index (χ4n) is 3.72. The quantitative estimate of drug-likeness (QED) is 0.0685. The number of hydrogen-bond donors (Lipinski definition) is 2. The molecule has 0 saturated heterocycles. The first-order valence-corrected chi connectivity index (χ1v) is 17.5. The Morgan fingerprint density at radius 1 is 0.526 bits per heavy atom. The molecule has 0 heterocycles. The van der Waals surface area contributed by atoms with Crippen molar-refractivity contribution in [3.63, 3.8) is 0 Å². The van der Waals surface area contributed by atoms with Gasteiger partial charge in [-0.15, -0.1) is 0 Å². The van der Waals surface area contributed by atoms with Gasteiger partial charge in [0.25, 0.3) is 5.24 Å². The molecule has 0 aromatic heterocycles. The van der Waals surface area contributed by atoms with Gasteiger partial charge in [-0.3, -0.25) is 9.59 Å². The number of nitrogens with one attached hydrogen (secondary N) is 2. The van der Waals surface area contributed by atoms with Gasteiger partial charge in [-0.1, -0.05) is 58.2 Å². The molecule has 2 amide bonds. The summed E-state index contributed by atoms with van der Waals surface area (Å²) in [4.78, 5) is 110. The predicted molar refractivity (Wildman–Crippen MR) is 202 cm³/mol. The third-order valence-corrected chi connectivity index (χ3v) is 7.64. The Balaban J connectivity index is 6.29. The molecule has 2 N–H and O–H groups in total. The van der Waals surface area contributed by atoms with E-state index in [-0.39, 0.29) is 0 Å². The van der Waals surface area contributed by atoms with Crippen LogP contribution in [-0.4, -0.2) is 122 Å². The summed E-state index contributed by atoms with van der Waals surface area (Å²) in [7, 11) is 0. The highest BCUT2D eigenvalue weighted by Gasteiger charge is 2.35. The van der Waals surface area contributed by atoms with E-state index in [1.54, 1.807) is 0 Å². The molecule has 1 unspecified atom stereocenters. The minimum atomic E-state index is -1.60. The Hall–Kier alpha value is -6.18. The molecule has 19 nitrogen and oxygen atoms in total. The first kappa shape index (κ1) is 50.8. The zero-order valence-electron chi connectivity index (χ0n) is 32.0. The lowest BCUT2D eigenvalue weighted by molar-refractivity contribution is -0.158. The predicted octanol–water partition coefficient (Wildman–Crippen LogP) is 2.36. The smallest absolute Gasteiger partial charge is 0.408 e. The molecule has 0 bridgehead atoms. The number of rotatable bonds is 27. The van der Waals surface area contributed by atoms with Crippen molar-refractivity contribution in [2.24, 2.45) is 5.41 Å². The second-order valence-electron chi connectivity index (χ2n) is 12.5. The molecule has 0 aromatic carbocycles. The molecule has 57 heavy (non-hydrogen) atoms. The molecular weight excluding hydrogens is 776 g/mol. The molecule has 0 aliphatic heterocycles. The molecular formula is C37H48N2O17S. The Morgan fingerprint density at radius 2 is 0.860 bits per heavy atom. The Morgan fingerprint density at radius 3 is 1.21 bits per heavy atom. The van der Waals surface area contributed by atoms with Crippen LogP contribution in [0, 0.1) is 5.41 Å². The number of ether oxygens (including phenoxy) is 8. The van der Waals surface area contributed by atoms with E-state index in [0.717, 1.165) is 36.5 Å². The lowest BCUT2D eigenvalue weighted by atomic mass is 9.88. The highest BCUT2D eigenvalue weighted by molar-refractivity contribution is 8.13. The van der Waals surface area contributed by atoms with Gasteiger partial charge in [0.1, 0.15) is 63.4 Å². The lowest BCUT2D eigenvalue weighted by Crippen LogP contribution is -2.54. The molecule has 0 aliphatic carbocycles. The molecule has 0 radical (unpaired) electrons. The number of thioether (sulfide) groups is 1. The van der Waals surface area contributed by atoms with Crippen molar-refractivity contribution >= 4 is 64.9 Å². The molecule has 0 spiro atoms. The van der Waals surface area contributed by atoms with Gasteiger partial charge in [-0.05, 0) is 13.8 Å². The van der Waals surface area contributed by atoms with Gasteiger partial charge in [0, 0.05) is 47.6 Å². The van der Waals surface area contributed by atoms with Crippen LogP contribution in [0.15, 0.2) is 75.9 Å². The normalized spacial score (nSPS) is 11.4. The first-order valence-electron chi connectivity index (χ1n) is 16.5. The van der Waals surface area contributed by atoms with Crippen LogP contribution in [0.3, 0.4) is 0 Å². The first-order chi connectivity index (χ1) is 26.7. The second kappa shape index (κ2) is 25.8. The molecule has 0 aromatic rings. The van der Waals surface area contributed by atoms with Crippen molar-refractivity contribution in [1.29, 1.82) is 0 Å². The highest BCUT2D eigenvalue weighted by atomic mass is 32.2. The molecule has 0 rings (SSSR count). The minimum absolute atomic E-state index is 0.402. The maximum Gasteiger partial charge on any atom is 0.408 e. The molecule has 1 atom stereocenters. The topological polar surface area (TPSA) is 252 Å². The zero-order chi connectivity index (χ0) is 43.7. The van der Waals surface area contributed by atoms with Crippen LogP contribution >= 0.6 is 11.8 Å². The van der Waals surface area contributed by atoms with E-state index < -0.39 is 134 Å². The number of amides is 2. The largest absolute Gasteiger partial charge is 0.462 e. The summed E-state index contributed by atoms with van der Waals surface area (Å²) in [6.45, 7) is 20.4. The van der Waals surface area contributed by atoms with E-state index >= 15 is 0 Å². The van der Waals surface area contributed by atoms with Crippen LogP contribution in [0.25, 0.3) is 0 Å². The van der Waals surface area contributed by atoms with Crippen LogP contribution in [-0.2, 0) is 71.5 Å². The van der Waals surface area contributed by atoms with E-state index in [2.05, 4.69) is 50.1 Å². The van der Waals surface area contributed by atoms with Gasteiger partial charge >= 0.3 is 47.9 Å². The van der Waals surface area contributed by atoms with Crippen molar-refractivity contribution in [2.75, 3.05) is 52.0 Å². The van der Waals surface area contributed by atoms with Gasteiger partial charge < -0.3 is 48.5 Å². The van der Waals surface area contributed by atoms with E-state index in [9.17, 15) is 43.2 Å². The SMILES string of the molecule is C=CC(=O)OCC(C)(COC(=O)C=C)CC(=O)OCC(CSC(=O)NC(C)(COC(=O)C=C)COC(=O)C=C)OC(=O)NC(C)(COC(=O)C=C)COC(=O)C=C. The number of carbonyl (C=O) groups is 9. The third-order valence-electron chi connectivity index (χ3n) is 6.74. The maximum absolute atomic E-state index is 13.2. The third kappa shape index (κ3) is 22.7. The Bertz CT molecular complexity index is 1410. The summed E-state index contributed by atoms with van der Waals surface area (Å²) in [5.41, 5.74) is -4.40. The van der Waals surface area contributed by atoms with Crippen LogP contribution in [0.1, 0.15) is 27.2 Å². The minimum Gasteiger partial charge on any atom is -0.462 e. The Kier molecular flexibility index (Phi) is 23.0. The summed E-state index contributed by atoms with van der Waals surface area (Å²) in [6, 6.07) is 0. The maximum atomic E-state index is 13.2. The Labute approximate surface area is 333 Å². The summed E-state index contributed by atoms with van der Waals surface area (Å²) < 4.78 is 41.1. The van der Waals surface area contributed by atoms with Crippen LogP contribution < -0.4 is 10.6 Å². The van der Waals surface area contributed by atoms with Crippen molar-refractivity contribution in [1.82, 2.24) is 10.6 Å². The summed E-state index contributed by atoms with van der Waals surface area (Å²) in [5.74, 6) is -6.39. The van der Waals surface area contributed by atoms with E-state index in [1.165, 1.54) is 20.8 Å². The van der Waals surface area contributed by atoms with Crippen LogP contribution in [0.5, 0.6) is 0 Å². The summed E-state index contributed by atoms with van der Waals surface area (Å²) in [5, 5.41) is 4.14. The summed E-state index contributed by atoms with van der Waals surface area (Å²) >= 11 is 0.516. The van der Waals surface area contributed by atoms with Crippen LogP contribution in [0.4, 0.5) is 9.59 Å². The van der Waals surface area contributed by atoms with Gasteiger partial charge in [0.05, 0.1) is 6.42 Å². The monoisotopic (exact) mass is 824 g/mol. The fraction of sp³-hybridized carbons (Fsp3) is 0.432. The number of alkyl carbamates (subject to hydrolysis) is 1. The van der Waals surface area contributed by atoms with E-state index in [0.29, 0.717) is 11.8 Å². The molecule has 0 saturated carbocycles. The van der Waals surface area contributed by atoms with Crippen LogP contribution in [0.2, 0.25) is 0 Å². The van der Waals surface area contributed by atoms with Crippen molar-refractivity contribution < 1.29 is 81.0 Å². The summed E-state index contributed by atoms with van der Waals surface area (Å²) in [6.07, 6.45) is 2.13. The fourth-order valence-corrected chi connectivity index (χ4v) is 4.54. The van der Waals surface area contributed by atoms with Gasteiger partial charge in [-0.25, -0.2) is 33.6 Å². The van der Waals surface area contributed by atoms with Crippen molar-refractivity contribution in [2.45, 2.75) is 44.4 Å². The van der Waals surface area contributed by atoms with Gasteiger partial charge in [0.2, 0.25) is 0 Å². The number of hydrogen-bond acceptors (Lipinski definition) is 18. The average molecular weight is 825 g/mol. The standard InChI is InChI=1S/C37H48N2O17S/c1-10-26(40)50-19-35(7,20-51-27(41)11-2)16-32(46)49-17-25(56-33(47)38-36(8,21-52-28(42)12-3)22-53-29(43)13-4)18-57-34(48)39-37(9,23-54-30(44)14-5)24-55-31(45)15-6/h10-15,25H,1-6,16-24H2,7-9H3,(H,38,47)(H,39,48). The number of carbonyl (C=O) groups excluding carboxylic acids is 9. The molecule has 0 aliphatic rings. The molecule has 0 fully saturated rings. The number of esters is 7. The van der Waals surface area contributed by atoms with Crippen molar-refractivity contribution in [3.8, 4) is 0 Å². The zero-order valence-corrected chi connectivity index (χ0v) is 32.8. The second-order valence-corrected chi connectivity index (χ2v) is 13.5. The van der Waals surface area contributed by atoms with E-state index in [1.807, 2.05) is 0 Å². The lowest BCUT2D eigenvalue weighted by Gasteiger charge is -2.30. The average Bonchev–Trinajstić information content (AvgIpc) is 3.19. The van der Waals surface area contributed by atoms with Gasteiger partial charge in [-0.2, -0.15) is 0 Å². The van der Waals surface area contributed by atoms with E-state index in [4.69, 9.17) is 37.9 Å². The molecule has 314 valence electrons. The van der Waals surface area contributed by atoms with Crippen molar-refractivity contribution in [3.05, 3.63) is 75.9 Å².